The molecular formula is C29H41BrClN7O5S2. The fourth-order valence-corrected chi connectivity index (χ4v) is 11.1. The molecule has 3 fully saturated rings. The molecule has 0 aromatic carbocycles. The van der Waals surface area contributed by atoms with E-state index in [9.17, 15) is 16.8 Å². The number of fused-ring (bicyclic) bond motifs is 1. The summed E-state index contributed by atoms with van der Waals surface area (Å²) in [5, 5.41) is 4.80. The molecule has 0 unspecified atom stereocenters. The Kier molecular flexibility index (Phi) is 10.5. The monoisotopic (exact) mass is 745 g/mol. The smallest absolute Gasteiger partial charge is 0.246 e. The molecule has 0 aliphatic carbocycles. The maximum Gasteiger partial charge on any atom is 0.246 e. The molecule has 5 aliphatic rings. The van der Waals surface area contributed by atoms with Gasteiger partial charge < -0.3 is 10.2 Å². The van der Waals surface area contributed by atoms with E-state index in [1.807, 2.05) is 0 Å². The molecule has 248 valence electrons. The Morgan fingerprint density at radius 1 is 0.933 bits per heavy atom. The molecule has 5 aliphatic heterocycles. The first kappa shape index (κ1) is 33.2. The van der Waals surface area contributed by atoms with Crippen LogP contribution >= 0.6 is 27.5 Å². The minimum Gasteiger partial charge on any atom is -0.356 e. The molecule has 0 spiro atoms. The third-order valence-electron chi connectivity index (χ3n) is 9.43. The molecule has 0 radical (unpaired) electrons. The SMILES string of the molecule is O=S(=O)(C1=C(Cl)C=CN2ONC=C12)N1CCC(CCCC2CCN(c3ncc(S(=O)(=O)N4CCCNCC4)cc3Br)CC2)CC1. The van der Waals surface area contributed by atoms with Crippen LogP contribution in [0.5, 0.6) is 0 Å². The number of hydrogen-bond acceptors (Lipinski definition) is 10. The molecule has 1 aromatic rings. The predicted molar refractivity (Wildman–Crippen MR) is 176 cm³/mol. The van der Waals surface area contributed by atoms with E-state index in [1.165, 1.54) is 23.5 Å². The zero-order valence-corrected chi connectivity index (χ0v) is 29.2. The van der Waals surface area contributed by atoms with E-state index in [0.717, 1.165) is 76.8 Å². The number of piperidine rings is 2. The van der Waals surface area contributed by atoms with Crippen LogP contribution in [0.25, 0.3) is 0 Å². The van der Waals surface area contributed by atoms with Crippen LogP contribution in [0.2, 0.25) is 0 Å². The Hall–Kier alpha value is -1.72. The van der Waals surface area contributed by atoms with Crippen molar-refractivity contribution in [2.45, 2.75) is 56.3 Å². The summed E-state index contributed by atoms with van der Waals surface area (Å²) in [5.74, 6) is 1.96. The van der Waals surface area contributed by atoms with Crippen molar-refractivity contribution in [3.63, 3.8) is 0 Å². The van der Waals surface area contributed by atoms with E-state index >= 15 is 0 Å². The summed E-state index contributed by atoms with van der Waals surface area (Å²) < 4.78 is 57.1. The lowest BCUT2D eigenvalue weighted by atomic mass is 9.87. The average Bonchev–Trinajstić information content (AvgIpc) is 3.32. The Morgan fingerprint density at radius 3 is 2.33 bits per heavy atom. The summed E-state index contributed by atoms with van der Waals surface area (Å²) in [6.45, 7) is 5.22. The molecule has 6 rings (SSSR count). The first-order valence-corrected chi connectivity index (χ1v) is 19.8. The van der Waals surface area contributed by atoms with Crippen LogP contribution in [0.4, 0.5) is 5.82 Å². The topological polar surface area (TPSA) is 127 Å². The molecule has 12 nitrogen and oxygen atoms in total. The van der Waals surface area contributed by atoms with Gasteiger partial charge >= 0.3 is 0 Å². The fourth-order valence-electron chi connectivity index (χ4n) is 6.81. The number of anilines is 1. The van der Waals surface area contributed by atoms with Gasteiger partial charge in [0.1, 0.15) is 21.3 Å². The van der Waals surface area contributed by atoms with Crippen LogP contribution in [-0.2, 0) is 25.0 Å². The van der Waals surface area contributed by atoms with E-state index in [0.29, 0.717) is 54.7 Å². The molecule has 6 heterocycles. The molecule has 16 heteroatoms. The molecule has 2 N–H and O–H groups in total. The zero-order valence-electron chi connectivity index (χ0n) is 25.2. The van der Waals surface area contributed by atoms with Gasteiger partial charge in [-0.15, -0.1) is 0 Å². The molecule has 45 heavy (non-hydrogen) atoms. The van der Waals surface area contributed by atoms with Crippen LogP contribution in [0.3, 0.4) is 0 Å². The summed E-state index contributed by atoms with van der Waals surface area (Å²) in [7, 11) is -7.32. The van der Waals surface area contributed by atoms with Crippen LogP contribution in [0.1, 0.15) is 51.4 Å². The number of hydroxylamine groups is 3. The number of hydrogen-bond donors (Lipinski definition) is 2. The third kappa shape index (κ3) is 7.25. The average molecular weight is 747 g/mol. The van der Waals surface area contributed by atoms with Crippen molar-refractivity contribution in [2.24, 2.45) is 11.8 Å². The Labute approximate surface area is 279 Å². The van der Waals surface area contributed by atoms with Gasteiger partial charge in [-0.2, -0.15) is 13.5 Å². The highest BCUT2D eigenvalue weighted by molar-refractivity contribution is 9.10. The number of halogens is 2. The lowest BCUT2D eigenvalue weighted by Gasteiger charge is -2.34. The van der Waals surface area contributed by atoms with E-state index in [1.54, 1.807) is 20.9 Å². The normalized spacial score (nSPS) is 23.2. The number of rotatable bonds is 9. The first-order valence-electron chi connectivity index (χ1n) is 15.8. The van der Waals surface area contributed by atoms with E-state index in [2.05, 4.69) is 36.6 Å². The van der Waals surface area contributed by atoms with Gasteiger partial charge in [-0.25, -0.2) is 32.4 Å². The highest BCUT2D eigenvalue weighted by atomic mass is 79.9. The number of pyridine rings is 1. The lowest BCUT2D eigenvalue weighted by molar-refractivity contribution is -0.113. The van der Waals surface area contributed by atoms with Crippen molar-refractivity contribution >= 4 is 53.4 Å². The van der Waals surface area contributed by atoms with Crippen molar-refractivity contribution in [2.75, 3.05) is 57.3 Å². The van der Waals surface area contributed by atoms with Crippen molar-refractivity contribution < 1.29 is 21.8 Å². The minimum absolute atomic E-state index is 0.0789. The predicted octanol–water partition coefficient (Wildman–Crippen LogP) is 3.83. The molecule has 0 atom stereocenters. The van der Waals surface area contributed by atoms with Gasteiger partial charge in [0, 0.05) is 58.2 Å². The summed E-state index contributed by atoms with van der Waals surface area (Å²) in [5.41, 5.74) is 2.98. The van der Waals surface area contributed by atoms with Crippen LogP contribution in [0.15, 0.2) is 55.7 Å². The van der Waals surface area contributed by atoms with Crippen molar-refractivity contribution in [3.05, 3.63) is 50.8 Å². The second kappa shape index (κ2) is 14.2. The Bertz CT molecular complexity index is 1550. The lowest BCUT2D eigenvalue weighted by Crippen LogP contribution is -2.40. The second-order valence-corrected chi connectivity index (χ2v) is 17.3. The summed E-state index contributed by atoms with van der Waals surface area (Å²) in [6.07, 6.45) is 14.1. The number of aromatic nitrogens is 1. The van der Waals surface area contributed by atoms with Crippen molar-refractivity contribution in [3.8, 4) is 0 Å². The van der Waals surface area contributed by atoms with Crippen LogP contribution in [0, 0.1) is 11.8 Å². The van der Waals surface area contributed by atoms with E-state index in [4.69, 9.17) is 16.5 Å². The number of sulfonamides is 2. The number of allylic oxidation sites excluding steroid dienone is 2. The molecule has 3 saturated heterocycles. The zero-order chi connectivity index (χ0) is 31.6. The molecule has 0 saturated carbocycles. The maximum absolute atomic E-state index is 13.5. The molecule has 0 amide bonds. The summed E-state index contributed by atoms with van der Waals surface area (Å²) >= 11 is 9.94. The quantitative estimate of drug-likeness (QED) is 0.385. The fraction of sp³-hybridized carbons (Fsp3) is 0.621. The number of nitrogens with zero attached hydrogens (tertiary/aromatic N) is 5. The third-order valence-corrected chi connectivity index (χ3v) is 14.3. The second-order valence-electron chi connectivity index (χ2n) is 12.3. The van der Waals surface area contributed by atoms with E-state index in [-0.39, 0.29) is 14.8 Å². The highest BCUT2D eigenvalue weighted by Crippen LogP contribution is 2.37. The highest BCUT2D eigenvalue weighted by Gasteiger charge is 2.38. The van der Waals surface area contributed by atoms with Gasteiger partial charge in [0.2, 0.25) is 20.0 Å². The van der Waals surface area contributed by atoms with Gasteiger partial charge in [-0.1, -0.05) is 30.9 Å². The first-order chi connectivity index (χ1) is 21.6. The molecular weight excluding hydrogens is 706 g/mol. The summed E-state index contributed by atoms with van der Waals surface area (Å²) in [4.78, 5) is 12.3. The van der Waals surface area contributed by atoms with Gasteiger partial charge in [-0.3, -0.25) is 0 Å². The Morgan fingerprint density at radius 2 is 1.62 bits per heavy atom. The standard InChI is InChI=1S/C29H41BrClN7O5S2/c30-25-19-24(44(39,40)36-12-2-10-32-11-18-36)20-33-29(25)35-13-5-22(6-14-35)3-1-4-23-7-15-37(16-8-23)45(41,42)28-26(31)9-17-38-27(28)21-34-43-38/h9,17,19-23,32,34H,1-8,10-16,18H2. The largest absolute Gasteiger partial charge is 0.356 e. The Balaban J connectivity index is 0.943. The van der Waals surface area contributed by atoms with Gasteiger partial charge in [-0.05, 0) is 78.6 Å². The van der Waals surface area contributed by atoms with Crippen LogP contribution in [-0.4, -0.2) is 87.9 Å². The molecule has 0 bridgehead atoms. The van der Waals surface area contributed by atoms with Crippen molar-refractivity contribution in [1.82, 2.24) is 29.5 Å². The maximum atomic E-state index is 13.5. The van der Waals surface area contributed by atoms with Gasteiger partial charge in [0.25, 0.3) is 0 Å². The van der Waals surface area contributed by atoms with Crippen LogP contribution < -0.4 is 15.7 Å². The minimum atomic E-state index is -3.74. The summed E-state index contributed by atoms with van der Waals surface area (Å²) in [6, 6.07) is 1.70. The van der Waals surface area contributed by atoms with Crippen molar-refractivity contribution in [1.29, 1.82) is 0 Å². The van der Waals surface area contributed by atoms with Gasteiger partial charge in [0.05, 0.1) is 15.7 Å². The van der Waals surface area contributed by atoms with Gasteiger partial charge in [0.15, 0.2) is 0 Å². The number of nitrogens with one attached hydrogen (secondary N) is 2. The van der Waals surface area contributed by atoms with E-state index < -0.39 is 20.0 Å². The molecule has 1 aromatic heterocycles.